The van der Waals surface area contributed by atoms with Crippen molar-refractivity contribution in [3.05, 3.63) is 175 Å². The number of fused-ring (bicyclic) bond motifs is 4. The molecule has 234 valence electrons. The van der Waals surface area contributed by atoms with E-state index >= 15 is 0 Å². The Morgan fingerprint density at radius 2 is 1.08 bits per heavy atom. The molecule has 1 aliphatic carbocycles. The molecule has 0 radical (unpaired) electrons. The highest BCUT2D eigenvalue weighted by Gasteiger charge is 2.23. The molecule has 1 aliphatic rings. The summed E-state index contributed by atoms with van der Waals surface area (Å²) < 4.78 is 2.41. The minimum absolute atomic E-state index is 0.492. The predicted molar refractivity (Wildman–Crippen MR) is 204 cm³/mol. The first-order valence-electron chi connectivity index (χ1n) is 16.9. The Balaban J connectivity index is 1.13. The molecule has 4 heteroatoms. The van der Waals surface area contributed by atoms with E-state index in [1.807, 2.05) is 42.5 Å². The van der Waals surface area contributed by atoms with Crippen LogP contribution in [0.1, 0.15) is 30.5 Å². The summed E-state index contributed by atoms with van der Waals surface area (Å²) in [5.41, 5.74) is 14.0. The highest BCUT2D eigenvalue weighted by molar-refractivity contribution is 5.92. The largest absolute Gasteiger partial charge is 0.311 e. The first-order chi connectivity index (χ1) is 24.2. The van der Waals surface area contributed by atoms with Crippen LogP contribution in [0, 0.1) is 0 Å². The van der Waals surface area contributed by atoms with Gasteiger partial charge in [0.25, 0.3) is 0 Å². The second kappa shape index (κ2) is 12.1. The Morgan fingerprint density at radius 3 is 1.76 bits per heavy atom. The SMILES string of the molecule is CC1CC=Cc2c1c1ccccc1n2-c1ccc(N(c2ccccc2)c2ccc(-c3nc4ccccc4nc3-c3ccccc3)cc2)cc1. The Morgan fingerprint density at radius 1 is 0.551 bits per heavy atom. The minimum Gasteiger partial charge on any atom is -0.311 e. The molecule has 0 N–H and O–H groups in total. The number of allylic oxidation sites excluding steroid dienone is 1. The number of hydrogen-bond acceptors (Lipinski definition) is 3. The molecule has 0 bridgehead atoms. The molecule has 0 saturated carbocycles. The molecule has 8 aromatic rings. The lowest BCUT2D eigenvalue weighted by atomic mass is 9.91. The van der Waals surface area contributed by atoms with Crippen LogP contribution >= 0.6 is 0 Å². The summed E-state index contributed by atoms with van der Waals surface area (Å²) in [6, 6.07) is 55.4. The first kappa shape index (κ1) is 28.9. The zero-order valence-electron chi connectivity index (χ0n) is 27.2. The molecule has 49 heavy (non-hydrogen) atoms. The van der Waals surface area contributed by atoms with E-state index < -0.39 is 0 Å². The summed E-state index contributed by atoms with van der Waals surface area (Å²) in [4.78, 5) is 12.5. The van der Waals surface area contributed by atoms with Crippen molar-refractivity contribution in [2.45, 2.75) is 19.3 Å². The molecule has 2 aromatic heterocycles. The third-order valence-corrected chi connectivity index (χ3v) is 9.61. The van der Waals surface area contributed by atoms with Crippen molar-refractivity contribution in [3.8, 4) is 28.2 Å². The number of anilines is 3. The van der Waals surface area contributed by atoms with Gasteiger partial charge >= 0.3 is 0 Å². The number of hydrogen-bond donors (Lipinski definition) is 0. The van der Waals surface area contributed by atoms with Crippen LogP contribution in [0.15, 0.2) is 164 Å². The van der Waals surface area contributed by atoms with Gasteiger partial charge in [0.05, 0.1) is 27.9 Å². The molecule has 4 nitrogen and oxygen atoms in total. The second-order valence-electron chi connectivity index (χ2n) is 12.7. The maximum absolute atomic E-state index is 5.12. The molecule has 1 unspecified atom stereocenters. The smallest absolute Gasteiger partial charge is 0.0973 e. The van der Waals surface area contributed by atoms with Crippen LogP contribution in [0.5, 0.6) is 0 Å². The Kier molecular flexibility index (Phi) is 7.13. The van der Waals surface area contributed by atoms with Crippen molar-refractivity contribution in [3.63, 3.8) is 0 Å². The van der Waals surface area contributed by atoms with Crippen molar-refractivity contribution in [1.29, 1.82) is 0 Å². The predicted octanol–water partition coefficient (Wildman–Crippen LogP) is 11.9. The van der Waals surface area contributed by atoms with E-state index in [9.17, 15) is 0 Å². The standard InChI is InChI=1S/C45H34N4/c1-31-13-12-22-42-43(31)38-18-8-11-21-41(38)49(42)37-29-27-36(28-30-37)48(34-16-6-3-7-17-34)35-25-23-33(24-26-35)45-44(32-14-4-2-5-15-32)46-39-19-9-10-20-40(39)47-45/h2-12,14-31H,13H2,1H3. The molecule has 0 spiro atoms. The molecule has 1 atom stereocenters. The van der Waals surface area contributed by atoms with Crippen LogP contribution in [-0.4, -0.2) is 14.5 Å². The topological polar surface area (TPSA) is 34.0 Å². The van der Waals surface area contributed by atoms with Crippen molar-refractivity contribution in [2.24, 2.45) is 0 Å². The van der Waals surface area contributed by atoms with Gasteiger partial charge in [0, 0.05) is 45.0 Å². The van der Waals surface area contributed by atoms with E-state index in [1.165, 1.54) is 22.2 Å². The van der Waals surface area contributed by atoms with E-state index in [1.54, 1.807) is 0 Å². The zero-order chi connectivity index (χ0) is 32.7. The van der Waals surface area contributed by atoms with Gasteiger partial charge in [0.2, 0.25) is 0 Å². The van der Waals surface area contributed by atoms with Crippen LogP contribution in [0.4, 0.5) is 17.1 Å². The van der Waals surface area contributed by atoms with E-state index in [0.29, 0.717) is 5.92 Å². The van der Waals surface area contributed by atoms with E-state index in [4.69, 9.17) is 9.97 Å². The van der Waals surface area contributed by atoms with Gasteiger partial charge in [-0.1, -0.05) is 104 Å². The Hall–Kier alpha value is -6.26. The highest BCUT2D eigenvalue weighted by atomic mass is 15.1. The van der Waals surface area contributed by atoms with Crippen molar-refractivity contribution in [1.82, 2.24) is 14.5 Å². The average molecular weight is 631 g/mol. The average Bonchev–Trinajstić information content (AvgIpc) is 3.51. The van der Waals surface area contributed by atoms with Gasteiger partial charge in [-0.15, -0.1) is 0 Å². The maximum atomic E-state index is 5.12. The molecule has 0 saturated heterocycles. The molecule has 0 aliphatic heterocycles. The van der Waals surface area contributed by atoms with Gasteiger partial charge in [-0.3, -0.25) is 0 Å². The molecule has 6 aromatic carbocycles. The fraction of sp³-hybridized carbons (Fsp3) is 0.0667. The second-order valence-corrected chi connectivity index (χ2v) is 12.7. The Bertz CT molecular complexity index is 2460. The van der Waals surface area contributed by atoms with E-state index in [-0.39, 0.29) is 0 Å². The van der Waals surface area contributed by atoms with Crippen LogP contribution in [0.3, 0.4) is 0 Å². The van der Waals surface area contributed by atoms with Crippen LogP contribution < -0.4 is 4.90 Å². The molecule has 2 heterocycles. The summed E-state index contributed by atoms with van der Waals surface area (Å²) in [6.07, 6.45) is 5.68. The van der Waals surface area contributed by atoms with Gasteiger partial charge in [-0.05, 0) is 90.7 Å². The zero-order valence-corrected chi connectivity index (χ0v) is 27.2. The molecule has 9 rings (SSSR count). The number of nitrogens with zero attached hydrogens (tertiary/aromatic N) is 4. The summed E-state index contributed by atoms with van der Waals surface area (Å²) in [6.45, 7) is 2.33. The van der Waals surface area contributed by atoms with Crippen molar-refractivity contribution >= 4 is 45.1 Å². The van der Waals surface area contributed by atoms with Crippen molar-refractivity contribution in [2.75, 3.05) is 4.90 Å². The molecule has 0 fully saturated rings. The highest BCUT2D eigenvalue weighted by Crippen LogP contribution is 2.41. The third-order valence-electron chi connectivity index (χ3n) is 9.61. The molecule has 0 amide bonds. The maximum Gasteiger partial charge on any atom is 0.0973 e. The fourth-order valence-electron chi connectivity index (χ4n) is 7.29. The quantitative estimate of drug-likeness (QED) is 0.183. The number of para-hydroxylation sites is 4. The van der Waals surface area contributed by atoms with Crippen LogP contribution in [0.25, 0.3) is 56.2 Å². The monoisotopic (exact) mass is 630 g/mol. The molecular weight excluding hydrogens is 597 g/mol. The molecular formula is C45H34N4. The minimum atomic E-state index is 0.492. The van der Waals surface area contributed by atoms with Crippen LogP contribution in [-0.2, 0) is 0 Å². The van der Waals surface area contributed by atoms with Crippen molar-refractivity contribution < 1.29 is 0 Å². The summed E-state index contributed by atoms with van der Waals surface area (Å²) >= 11 is 0. The number of benzene rings is 6. The summed E-state index contributed by atoms with van der Waals surface area (Å²) in [5, 5.41) is 1.34. The van der Waals surface area contributed by atoms with Gasteiger partial charge < -0.3 is 9.47 Å². The Labute approximate surface area is 286 Å². The summed E-state index contributed by atoms with van der Waals surface area (Å²) in [5.74, 6) is 0.492. The van der Waals surface area contributed by atoms with E-state index in [0.717, 1.165) is 62.7 Å². The normalized spacial score (nSPS) is 13.9. The van der Waals surface area contributed by atoms with Gasteiger partial charge in [0.15, 0.2) is 0 Å². The van der Waals surface area contributed by atoms with E-state index in [2.05, 4.69) is 144 Å². The van der Waals surface area contributed by atoms with Gasteiger partial charge in [-0.25, -0.2) is 9.97 Å². The third kappa shape index (κ3) is 5.10. The fourth-order valence-corrected chi connectivity index (χ4v) is 7.29. The summed E-state index contributed by atoms with van der Waals surface area (Å²) in [7, 11) is 0. The van der Waals surface area contributed by atoms with Gasteiger partial charge in [0.1, 0.15) is 0 Å². The first-order valence-corrected chi connectivity index (χ1v) is 16.9. The lowest BCUT2D eigenvalue weighted by molar-refractivity contribution is 0.773. The lowest BCUT2D eigenvalue weighted by Gasteiger charge is -2.26. The van der Waals surface area contributed by atoms with Crippen LogP contribution in [0.2, 0.25) is 0 Å². The number of aromatic nitrogens is 3. The lowest BCUT2D eigenvalue weighted by Crippen LogP contribution is -2.10. The number of rotatable bonds is 6. The van der Waals surface area contributed by atoms with Gasteiger partial charge in [-0.2, -0.15) is 0 Å².